The molecule has 0 spiro atoms. The zero-order valence-corrected chi connectivity index (χ0v) is 17.2. The molecule has 8 nitrogen and oxygen atoms in total. The molecule has 0 fully saturated rings. The summed E-state index contributed by atoms with van der Waals surface area (Å²) in [6.45, 7) is 1.94. The van der Waals surface area contributed by atoms with Crippen LogP contribution < -0.4 is 10.1 Å². The number of nitrogens with one attached hydrogen (secondary N) is 1. The molecule has 1 N–H and O–H groups in total. The molecule has 0 saturated heterocycles. The first-order valence-electron chi connectivity index (χ1n) is 9.40. The zero-order valence-electron chi connectivity index (χ0n) is 16.4. The van der Waals surface area contributed by atoms with E-state index in [0.29, 0.717) is 23.9 Å². The molecule has 3 aromatic heterocycles. The SMILES string of the molecule is COc1cccc(-c2cnnc(-n3nc(C)c4c3NC(=O)C[C@@H]4c3ccsc3)n2)c1. The van der Waals surface area contributed by atoms with Crippen molar-refractivity contribution in [3.8, 4) is 23.0 Å². The van der Waals surface area contributed by atoms with Crippen LogP contribution in [-0.2, 0) is 4.79 Å². The maximum absolute atomic E-state index is 12.5. The second-order valence-corrected chi connectivity index (χ2v) is 7.77. The highest BCUT2D eigenvalue weighted by atomic mass is 32.1. The molecule has 0 aliphatic carbocycles. The fraction of sp³-hybridized carbons (Fsp3) is 0.190. The molecule has 0 unspecified atom stereocenters. The molecular weight excluding hydrogens is 400 g/mol. The maximum Gasteiger partial charge on any atom is 0.272 e. The van der Waals surface area contributed by atoms with Gasteiger partial charge in [0.2, 0.25) is 5.91 Å². The van der Waals surface area contributed by atoms with E-state index in [1.165, 1.54) is 0 Å². The number of methoxy groups -OCH3 is 1. The Kier molecular flexibility index (Phi) is 4.51. The number of ether oxygens (including phenoxy) is 1. The summed E-state index contributed by atoms with van der Waals surface area (Å²) in [5.41, 5.74) is 4.42. The summed E-state index contributed by atoms with van der Waals surface area (Å²) in [4.78, 5) is 17.1. The summed E-state index contributed by atoms with van der Waals surface area (Å²) in [6, 6.07) is 9.62. The lowest BCUT2D eigenvalue weighted by molar-refractivity contribution is -0.116. The lowest BCUT2D eigenvalue weighted by Gasteiger charge is -2.23. The Hall–Kier alpha value is -3.59. The highest BCUT2D eigenvalue weighted by Crippen LogP contribution is 2.40. The monoisotopic (exact) mass is 418 g/mol. The van der Waals surface area contributed by atoms with E-state index in [1.54, 1.807) is 29.3 Å². The Morgan fingerprint density at radius 1 is 1.30 bits per heavy atom. The van der Waals surface area contributed by atoms with Crippen LogP contribution in [0.25, 0.3) is 17.2 Å². The number of carbonyl (C=O) groups excluding carboxylic acids is 1. The van der Waals surface area contributed by atoms with Gasteiger partial charge in [0, 0.05) is 23.5 Å². The summed E-state index contributed by atoms with van der Waals surface area (Å²) in [5.74, 6) is 1.53. The minimum atomic E-state index is -0.0586. The molecule has 9 heteroatoms. The molecule has 4 heterocycles. The quantitative estimate of drug-likeness (QED) is 0.544. The van der Waals surface area contributed by atoms with Crippen molar-refractivity contribution in [3.63, 3.8) is 0 Å². The van der Waals surface area contributed by atoms with Crippen LogP contribution in [0.3, 0.4) is 0 Å². The van der Waals surface area contributed by atoms with Crippen LogP contribution in [0.15, 0.2) is 47.3 Å². The number of aryl methyl sites for hydroxylation is 1. The summed E-state index contributed by atoms with van der Waals surface area (Å²) < 4.78 is 6.87. The average molecular weight is 418 g/mol. The number of carbonyl (C=O) groups is 1. The Balaban J connectivity index is 1.61. The molecule has 1 amide bonds. The van der Waals surface area contributed by atoms with Gasteiger partial charge in [0.05, 0.1) is 24.7 Å². The van der Waals surface area contributed by atoms with Gasteiger partial charge in [-0.1, -0.05) is 12.1 Å². The maximum atomic E-state index is 12.5. The fourth-order valence-corrected chi connectivity index (χ4v) is 4.47. The first kappa shape index (κ1) is 18.4. The van der Waals surface area contributed by atoms with Gasteiger partial charge in [-0.25, -0.2) is 4.98 Å². The molecular formula is C21H18N6O2S. The molecule has 1 atom stereocenters. The number of aromatic nitrogens is 5. The highest BCUT2D eigenvalue weighted by molar-refractivity contribution is 7.08. The van der Waals surface area contributed by atoms with Gasteiger partial charge in [-0.05, 0) is 41.4 Å². The number of hydrogen-bond donors (Lipinski definition) is 1. The second-order valence-electron chi connectivity index (χ2n) is 6.99. The van der Waals surface area contributed by atoms with Crippen LogP contribution in [0.4, 0.5) is 5.82 Å². The molecule has 4 aromatic rings. The van der Waals surface area contributed by atoms with E-state index >= 15 is 0 Å². The van der Waals surface area contributed by atoms with E-state index in [-0.39, 0.29) is 11.8 Å². The van der Waals surface area contributed by atoms with Crippen LogP contribution in [-0.4, -0.2) is 38.0 Å². The standard InChI is InChI=1S/C21H18N6O2S/c1-12-19-16(14-6-7-30-11-14)9-18(28)24-20(19)27(26-12)21-23-17(10-22-25-21)13-4-3-5-15(8-13)29-2/h3-8,10-11,16H,9H2,1-2H3,(H,24,28)/t16-/m1/s1. The number of rotatable bonds is 4. The van der Waals surface area contributed by atoms with Crippen LogP contribution in [0.2, 0.25) is 0 Å². The van der Waals surface area contributed by atoms with Gasteiger partial charge in [-0.15, -0.1) is 5.10 Å². The van der Waals surface area contributed by atoms with Crippen molar-refractivity contribution in [1.82, 2.24) is 25.0 Å². The molecule has 1 aromatic carbocycles. The molecule has 0 saturated carbocycles. The molecule has 150 valence electrons. The normalized spacial score (nSPS) is 15.5. The van der Waals surface area contributed by atoms with E-state index in [0.717, 1.165) is 28.1 Å². The molecule has 0 radical (unpaired) electrons. The van der Waals surface area contributed by atoms with Crippen molar-refractivity contribution >= 4 is 23.1 Å². The van der Waals surface area contributed by atoms with Crippen molar-refractivity contribution < 1.29 is 9.53 Å². The second kappa shape index (κ2) is 7.34. The number of hydrogen-bond acceptors (Lipinski definition) is 7. The average Bonchev–Trinajstić information content (AvgIpc) is 3.42. The predicted molar refractivity (Wildman–Crippen MR) is 113 cm³/mol. The van der Waals surface area contributed by atoms with Gasteiger partial charge in [-0.2, -0.15) is 26.2 Å². The number of amides is 1. The van der Waals surface area contributed by atoms with Gasteiger partial charge >= 0.3 is 0 Å². The summed E-state index contributed by atoms with van der Waals surface area (Å²) >= 11 is 1.62. The summed E-state index contributed by atoms with van der Waals surface area (Å²) in [7, 11) is 1.62. The Morgan fingerprint density at radius 3 is 3.00 bits per heavy atom. The van der Waals surface area contributed by atoms with Crippen LogP contribution >= 0.6 is 11.3 Å². The van der Waals surface area contributed by atoms with Crippen molar-refractivity contribution in [2.24, 2.45) is 0 Å². The smallest absolute Gasteiger partial charge is 0.272 e. The van der Waals surface area contributed by atoms with E-state index < -0.39 is 0 Å². The summed E-state index contributed by atoms with van der Waals surface area (Å²) in [6.07, 6.45) is 1.98. The van der Waals surface area contributed by atoms with E-state index in [9.17, 15) is 4.79 Å². The van der Waals surface area contributed by atoms with Gasteiger partial charge in [0.1, 0.15) is 11.6 Å². The molecule has 5 rings (SSSR count). The minimum absolute atomic E-state index is 0.0386. The number of benzene rings is 1. The molecule has 0 bridgehead atoms. The van der Waals surface area contributed by atoms with Gasteiger partial charge in [-0.3, -0.25) is 4.79 Å². The van der Waals surface area contributed by atoms with E-state index in [2.05, 4.69) is 37.0 Å². The number of thiophene rings is 1. The van der Waals surface area contributed by atoms with Crippen LogP contribution in [0.5, 0.6) is 5.75 Å². The Labute approximate surface area is 176 Å². The van der Waals surface area contributed by atoms with Crippen molar-refractivity contribution in [2.75, 3.05) is 12.4 Å². The van der Waals surface area contributed by atoms with Crippen molar-refractivity contribution in [3.05, 3.63) is 64.1 Å². The summed E-state index contributed by atoms with van der Waals surface area (Å²) in [5, 5.41) is 20.0. The van der Waals surface area contributed by atoms with Gasteiger partial charge in [0.25, 0.3) is 5.95 Å². The molecule has 30 heavy (non-hydrogen) atoms. The van der Waals surface area contributed by atoms with Crippen LogP contribution in [0.1, 0.15) is 29.2 Å². The van der Waals surface area contributed by atoms with Crippen molar-refractivity contribution in [2.45, 2.75) is 19.3 Å². The molecule has 1 aliphatic rings. The third-order valence-corrected chi connectivity index (χ3v) is 5.85. The topological polar surface area (TPSA) is 94.8 Å². The van der Waals surface area contributed by atoms with Gasteiger partial charge < -0.3 is 10.1 Å². The third-order valence-electron chi connectivity index (χ3n) is 5.15. The number of anilines is 1. The molecule has 1 aliphatic heterocycles. The van der Waals surface area contributed by atoms with E-state index in [4.69, 9.17) is 4.74 Å². The Bertz CT molecular complexity index is 1230. The largest absolute Gasteiger partial charge is 0.497 e. The highest BCUT2D eigenvalue weighted by Gasteiger charge is 2.33. The van der Waals surface area contributed by atoms with E-state index in [1.807, 2.05) is 36.6 Å². The first-order chi connectivity index (χ1) is 14.6. The number of nitrogens with zero attached hydrogens (tertiary/aromatic N) is 5. The zero-order chi connectivity index (χ0) is 20.7. The third kappa shape index (κ3) is 3.13. The lowest BCUT2D eigenvalue weighted by Crippen LogP contribution is -2.25. The predicted octanol–water partition coefficient (Wildman–Crippen LogP) is 3.58. The fourth-order valence-electron chi connectivity index (χ4n) is 3.76. The van der Waals surface area contributed by atoms with Crippen molar-refractivity contribution in [1.29, 1.82) is 0 Å². The first-order valence-corrected chi connectivity index (χ1v) is 10.3. The number of fused-ring (bicyclic) bond motifs is 1. The van der Waals surface area contributed by atoms with Crippen LogP contribution in [0, 0.1) is 6.92 Å². The minimum Gasteiger partial charge on any atom is -0.497 e. The van der Waals surface area contributed by atoms with Gasteiger partial charge in [0.15, 0.2) is 0 Å². The Morgan fingerprint density at radius 2 is 2.20 bits per heavy atom. The lowest BCUT2D eigenvalue weighted by atomic mass is 9.87.